The highest BCUT2D eigenvalue weighted by Gasteiger charge is 2.09. The molecule has 0 saturated carbocycles. The smallest absolute Gasteiger partial charge is 0.336 e. The number of aromatic nitrogens is 2. The maximum Gasteiger partial charge on any atom is 0.336 e. The van der Waals surface area contributed by atoms with Crippen LogP contribution in [0.4, 0.5) is 5.13 Å². The van der Waals surface area contributed by atoms with Gasteiger partial charge >= 0.3 is 5.63 Å². The normalized spacial score (nSPS) is 11.0. The lowest BCUT2D eigenvalue weighted by Gasteiger charge is -2.04. The number of hydrogen-bond donors (Lipinski definition) is 1. The lowest BCUT2D eigenvalue weighted by Crippen LogP contribution is -2.00. The predicted molar refractivity (Wildman–Crippen MR) is 95.5 cm³/mol. The fourth-order valence-corrected chi connectivity index (χ4v) is 3.94. The highest BCUT2D eigenvalue weighted by Crippen LogP contribution is 2.30. The van der Waals surface area contributed by atoms with Gasteiger partial charge in [0.05, 0.1) is 0 Å². The van der Waals surface area contributed by atoms with E-state index in [2.05, 4.69) is 22.4 Å². The lowest BCUT2D eigenvalue weighted by atomic mass is 10.1. The first-order valence-electron chi connectivity index (χ1n) is 7.39. The van der Waals surface area contributed by atoms with Crippen molar-refractivity contribution in [2.45, 2.75) is 30.4 Å². The highest BCUT2D eigenvalue weighted by atomic mass is 32.2. The summed E-state index contributed by atoms with van der Waals surface area (Å²) in [6.45, 7) is 4.98. The van der Waals surface area contributed by atoms with Crippen molar-refractivity contribution < 1.29 is 4.42 Å². The third-order valence-corrected chi connectivity index (χ3v) is 5.33. The second-order valence-corrected chi connectivity index (χ2v) is 7.38. The number of benzene rings is 1. The highest BCUT2D eigenvalue weighted by molar-refractivity contribution is 8.00. The SMILES string of the molecule is CCCNc1nnc(SCc2cc(=O)oc3cc(C)ccc23)s1. The summed E-state index contributed by atoms with van der Waals surface area (Å²) in [4.78, 5) is 11.7. The average Bonchev–Trinajstić information content (AvgIpc) is 2.98. The molecule has 0 saturated heterocycles. The number of thioether (sulfide) groups is 1. The zero-order valence-corrected chi connectivity index (χ0v) is 14.6. The summed E-state index contributed by atoms with van der Waals surface area (Å²) in [7, 11) is 0. The molecule has 3 aromatic rings. The van der Waals surface area contributed by atoms with Crippen molar-refractivity contribution in [3.63, 3.8) is 0 Å². The van der Waals surface area contributed by atoms with Crippen molar-refractivity contribution >= 4 is 39.2 Å². The minimum absolute atomic E-state index is 0.318. The van der Waals surface area contributed by atoms with Gasteiger partial charge in [0.1, 0.15) is 5.58 Å². The third kappa shape index (κ3) is 3.92. The summed E-state index contributed by atoms with van der Waals surface area (Å²) in [6.07, 6.45) is 1.05. The van der Waals surface area contributed by atoms with E-state index in [9.17, 15) is 4.79 Å². The molecule has 0 bridgehead atoms. The van der Waals surface area contributed by atoms with E-state index in [4.69, 9.17) is 4.42 Å². The van der Waals surface area contributed by atoms with Crippen LogP contribution in [0.5, 0.6) is 0 Å². The van der Waals surface area contributed by atoms with Crippen LogP contribution in [0, 0.1) is 6.92 Å². The zero-order valence-electron chi connectivity index (χ0n) is 13.0. The van der Waals surface area contributed by atoms with E-state index in [0.29, 0.717) is 11.3 Å². The molecule has 0 aliphatic rings. The molecular formula is C16H17N3O2S2. The van der Waals surface area contributed by atoms with E-state index < -0.39 is 0 Å². The Morgan fingerprint density at radius 3 is 3.00 bits per heavy atom. The summed E-state index contributed by atoms with van der Waals surface area (Å²) in [5.74, 6) is 0.660. The molecular weight excluding hydrogens is 330 g/mol. The van der Waals surface area contributed by atoms with E-state index in [-0.39, 0.29) is 5.63 Å². The van der Waals surface area contributed by atoms with E-state index in [1.54, 1.807) is 17.8 Å². The van der Waals surface area contributed by atoms with Crippen LogP contribution in [0.25, 0.3) is 11.0 Å². The van der Waals surface area contributed by atoms with Gasteiger partial charge in [0.15, 0.2) is 4.34 Å². The summed E-state index contributed by atoms with van der Waals surface area (Å²) in [5, 5.41) is 13.3. The van der Waals surface area contributed by atoms with Crippen LogP contribution in [0.15, 0.2) is 37.8 Å². The van der Waals surface area contributed by atoms with Gasteiger partial charge in [-0.2, -0.15) is 0 Å². The Morgan fingerprint density at radius 2 is 2.17 bits per heavy atom. The van der Waals surface area contributed by atoms with Crippen LogP contribution in [-0.2, 0) is 5.75 Å². The Labute approximate surface area is 142 Å². The van der Waals surface area contributed by atoms with Crippen LogP contribution in [0.2, 0.25) is 0 Å². The summed E-state index contributed by atoms with van der Waals surface area (Å²) in [5.41, 5.74) is 2.35. The molecule has 1 aromatic carbocycles. The maximum atomic E-state index is 11.7. The molecule has 23 heavy (non-hydrogen) atoms. The Hall–Kier alpha value is -1.86. The topological polar surface area (TPSA) is 68.0 Å². The van der Waals surface area contributed by atoms with Gasteiger partial charge in [-0.25, -0.2) is 4.79 Å². The lowest BCUT2D eigenvalue weighted by molar-refractivity contribution is 0.559. The van der Waals surface area contributed by atoms with E-state index in [1.807, 2.05) is 25.1 Å². The summed E-state index contributed by atoms with van der Waals surface area (Å²) in [6, 6.07) is 7.47. The van der Waals surface area contributed by atoms with Gasteiger partial charge in [0, 0.05) is 23.8 Å². The first-order valence-corrected chi connectivity index (χ1v) is 9.19. The quantitative estimate of drug-likeness (QED) is 0.535. The van der Waals surface area contributed by atoms with Crippen LogP contribution >= 0.6 is 23.1 Å². The molecule has 0 radical (unpaired) electrons. The van der Waals surface area contributed by atoms with Crippen molar-refractivity contribution in [3.8, 4) is 0 Å². The molecule has 2 aromatic heterocycles. The predicted octanol–water partition coefficient (Wildman–Crippen LogP) is 4.07. The molecule has 0 aliphatic carbocycles. The van der Waals surface area contributed by atoms with Crippen molar-refractivity contribution in [2.24, 2.45) is 0 Å². The van der Waals surface area contributed by atoms with Gasteiger partial charge in [0.2, 0.25) is 5.13 Å². The van der Waals surface area contributed by atoms with Gasteiger partial charge in [-0.15, -0.1) is 10.2 Å². The number of nitrogens with one attached hydrogen (secondary N) is 1. The van der Waals surface area contributed by atoms with Crippen molar-refractivity contribution in [3.05, 3.63) is 45.8 Å². The van der Waals surface area contributed by atoms with Crippen molar-refractivity contribution in [1.82, 2.24) is 10.2 Å². The standard InChI is InChI=1S/C16H17N3O2S2/c1-3-6-17-15-18-19-16(23-15)22-9-11-8-14(20)21-13-7-10(2)4-5-12(11)13/h4-5,7-8H,3,6,9H2,1-2H3,(H,17,18). The van der Waals surface area contributed by atoms with Crippen LogP contribution in [-0.4, -0.2) is 16.7 Å². The fraction of sp³-hybridized carbons (Fsp3) is 0.312. The first-order chi connectivity index (χ1) is 11.2. The Balaban J connectivity index is 1.79. The van der Waals surface area contributed by atoms with Gasteiger partial charge < -0.3 is 9.73 Å². The molecule has 3 rings (SSSR count). The number of hydrogen-bond acceptors (Lipinski definition) is 7. The Bertz CT molecular complexity index is 873. The van der Waals surface area contributed by atoms with Gasteiger partial charge in [-0.3, -0.25) is 0 Å². The summed E-state index contributed by atoms with van der Waals surface area (Å²) >= 11 is 3.11. The minimum atomic E-state index is -0.318. The number of nitrogens with zero attached hydrogens (tertiary/aromatic N) is 2. The monoisotopic (exact) mass is 347 g/mol. The molecule has 1 N–H and O–H groups in total. The maximum absolute atomic E-state index is 11.7. The molecule has 5 nitrogen and oxygen atoms in total. The van der Waals surface area contributed by atoms with Crippen LogP contribution in [0.3, 0.4) is 0 Å². The molecule has 0 aliphatic heterocycles. The second kappa shape index (κ2) is 7.14. The van der Waals surface area contributed by atoms with E-state index >= 15 is 0 Å². The zero-order chi connectivity index (χ0) is 16.2. The third-order valence-electron chi connectivity index (χ3n) is 3.27. The molecule has 0 atom stereocenters. The molecule has 0 unspecified atom stereocenters. The molecule has 7 heteroatoms. The minimum Gasteiger partial charge on any atom is -0.423 e. The fourth-order valence-electron chi connectivity index (χ4n) is 2.17. The molecule has 0 amide bonds. The Kier molecular flexibility index (Phi) is 4.97. The summed E-state index contributed by atoms with van der Waals surface area (Å²) < 4.78 is 6.17. The van der Waals surface area contributed by atoms with Crippen LogP contribution in [0.1, 0.15) is 24.5 Å². The van der Waals surface area contributed by atoms with Gasteiger partial charge in [-0.1, -0.05) is 42.2 Å². The number of fused-ring (bicyclic) bond motifs is 1. The molecule has 2 heterocycles. The van der Waals surface area contributed by atoms with Gasteiger partial charge in [-0.05, 0) is 30.5 Å². The number of rotatable bonds is 6. The molecule has 120 valence electrons. The molecule has 0 fully saturated rings. The Morgan fingerprint density at radius 1 is 1.30 bits per heavy atom. The van der Waals surface area contributed by atoms with Gasteiger partial charge in [0.25, 0.3) is 0 Å². The first kappa shape index (κ1) is 16.0. The van der Waals surface area contributed by atoms with Crippen LogP contribution < -0.4 is 10.9 Å². The molecule has 0 spiro atoms. The average molecular weight is 347 g/mol. The number of anilines is 1. The van der Waals surface area contributed by atoms with E-state index in [0.717, 1.165) is 38.9 Å². The number of aryl methyl sites for hydroxylation is 1. The van der Waals surface area contributed by atoms with Crippen molar-refractivity contribution in [1.29, 1.82) is 0 Å². The second-order valence-electron chi connectivity index (χ2n) is 5.18. The van der Waals surface area contributed by atoms with E-state index in [1.165, 1.54) is 11.3 Å². The van der Waals surface area contributed by atoms with Crippen molar-refractivity contribution in [2.75, 3.05) is 11.9 Å². The largest absolute Gasteiger partial charge is 0.423 e.